The molecule has 1 saturated carbocycles. The Morgan fingerprint density at radius 3 is 2.77 bits per heavy atom. The van der Waals surface area contributed by atoms with E-state index in [1.807, 2.05) is 12.1 Å². The average Bonchev–Trinajstić information content (AvgIpc) is 3.18. The van der Waals surface area contributed by atoms with E-state index in [0.717, 1.165) is 25.7 Å². The van der Waals surface area contributed by atoms with Crippen molar-refractivity contribution in [2.45, 2.75) is 68.6 Å². The topological polar surface area (TPSA) is 108 Å². The van der Waals surface area contributed by atoms with Crippen LogP contribution in [0.25, 0.3) is 0 Å². The van der Waals surface area contributed by atoms with Gasteiger partial charge in [0.1, 0.15) is 11.6 Å². The summed E-state index contributed by atoms with van der Waals surface area (Å²) in [4.78, 5) is 20.1. The molecular weight excluding hydrogens is 653 g/mol. The number of benzene rings is 2. The molecule has 7 atom stereocenters. The van der Waals surface area contributed by atoms with Crippen LogP contribution < -0.4 is 14.4 Å². The number of hydrogen-bond donors (Lipinski definition) is 2. The molecule has 2 bridgehead atoms. The van der Waals surface area contributed by atoms with Gasteiger partial charge in [-0.05, 0) is 111 Å². The monoisotopic (exact) mass is 695 g/mol. The van der Waals surface area contributed by atoms with Crippen LogP contribution in [0.5, 0.6) is 5.75 Å². The van der Waals surface area contributed by atoms with Gasteiger partial charge in [0.25, 0.3) is 5.91 Å². The maximum Gasteiger partial charge on any atom is 0.264 e. The van der Waals surface area contributed by atoms with Crippen molar-refractivity contribution >= 4 is 39.4 Å². The van der Waals surface area contributed by atoms with Crippen molar-refractivity contribution in [1.29, 1.82) is 0 Å². The van der Waals surface area contributed by atoms with E-state index in [2.05, 4.69) is 20.7 Å². The molecule has 3 heterocycles. The van der Waals surface area contributed by atoms with Crippen LogP contribution >= 0.6 is 11.6 Å². The number of nitrogens with zero attached hydrogens (tertiary/aromatic N) is 2. The van der Waals surface area contributed by atoms with Gasteiger partial charge in [0.15, 0.2) is 0 Å². The molecule has 0 radical (unpaired) electrons. The average molecular weight is 696 g/mol. The third-order valence-corrected chi connectivity index (χ3v) is 13.9. The lowest BCUT2D eigenvalue weighted by Gasteiger charge is -2.51. The Hall–Kier alpha value is -3.21. The molecule has 3 aliphatic heterocycles. The number of nitrogens with one attached hydrogen (secondary N) is 1. The van der Waals surface area contributed by atoms with E-state index in [1.165, 1.54) is 23.4 Å². The summed E-state index contributed by atoms with van der Waals surface area (Å²) in [5.74, 6) is -1.96. The summed E-state index contributed by atoms with van der Waals surface area (Å²) < 4.78 is 51.2. The fraction of sp³-hybridized carbons (Fsp3) is 0.514. The van der Waals surface area contributed by atoms with Gasteiger partial charge in [-0.3, -0.25) is 9.79 Å². The number of sulfonamides is 1. The highest BCUT2D eigenvalue weighted by atomic mass is 35.5. The van der Waals surface area contributed by atoms with E-state index >= 15 is 4.39 Å². The highest BCUT2D eigenvalue weighted by Crippen LogP contribution is 2.51. The van der Waals surface area contributed by atoms with Crippen molar-refractivity contribution < 1.29 is 27.4 Å². The molecule has 7 rings (SSSR count). The lowest BCUT2D eigenvalue weighted by atomic mass is 9.60. The zero-order valence-electron chi connectivity index (χ0n) is 27.4. The number of aliphatic hydroxyl groups is 1. The lowest BCUT2D eigenvalue weighted by Crippen LogP contribution is -2.56. The molecule has 0 aromatic heterocycles. The van der Waals surface area contributed by atoms with Crippen LogP contribution in [-0.2, 0) is 21.9 Å². The molecule has 2 unspecified atom stereocenters. The lowest BCUT2D eigenvalue weighted by molar-refractivity contribution is -0.0777. The van der Waals surface area contributed by atoms with Crippen molar-refractivity contribution in [2.75, 3.05) is 31.1 Å². The third-order valence-electron chi connectivity index (χ3n) is 11.7. The molecule has 2 N–H and O–H groups in total. The summed E-state index contributed by atoms with van der Waals surface area (Å²) in [6.07, 6.45) is 10.9. The number of anilines is 1. The van der Waals surface area contributed by atoms with E-state index in [1.54, 1.807) is 44.2 Å². The Kier molecular flexibility index (Phi) is 8.74. The minimum atomic E-state index is -4.04. The van der Waals surface area contributed by atoms with E-state index in [-0.39, 0.29) is 35.3 Å². The second-order valence-corrected chi connectivity index (χ2v) is 17.0. The first-order valence-electron chi connectivity index (χ1n) is 17.0. The van der Waals surface area contributed by atoms with Gasteiger partial charge in [-0.25, -0.2) is 17.5 Å². The summed E-state index contributed by atoms with van der Waals surface area (Å²) in [6, 6.07) is 11.2. The van der Waals surface area contributed by atoms with Crippen LogP contribution in [-0.4, -0.2) is 62.7 Å². The van der Waals surface area contributed by atoms with Crippen molar-refractivity contribution in [2.24, 2.45) is 28.7 Å². The summed E-state index contributed by atoms with van der Waals surface area (Å²) >= 11 is 6.43. The van der Waals surface area contributed by atoms with Crippen LogP contribution in [0.1, 0.15) is 67.4 Å². The number of hydrogen-bond acceptors (Lipinski definition) is 7. The third kappa shape index (κ3) is 5.87. The molecular formula is C37H43ClFN3O5S. The molecule has 11 heteroatoms. The Morgan fingerprint density at radius 2 is 2.00 bits per heavy atom. The highest BCUT2D eigenvalue weighted by Gasteiger charge is 2.52. The van der Waals surface area contributed by atoms with E-state index in [9.17, 15) is 18.3 Å². The number of allylic oxidation sites excluding steroid dienone is 2. The van der Waals surface area contributed by atoms with E-state index in [0.29, 0.717) is 49.0 Å². The molecule has 1 spiro atoms. The van der Waals surface area contributed by atoms with Gasteiger partial charge in [-0.1, -0.05) is 36.7 Å². The SMILES string of the molecule is CC1C/C=C/[C@@](O)(C2CN=CC=C2F)[C@@H]2CC[C@H]2CN2C[C@@]3(CCCc4cc(Cl)ccc43)COc3ccc(cc32)C(=O)NS(=O)(=O)[C@@H]1C. The molecule has 1 fully saturated rings. The molecule has 256 valence electrons. The zero-order chi connectivity index (χ0) is 33.8. The second-order valence-electron chi connectivity index (χ2n) is 14.5. The Balaban J connectivity index is 1.34. The quantitative estimate of drug-likeness (QED) is 0.346. The maximum absolute atomic E-state index is 15.5. The number of halogens is 2. The van der Waals surface area contributed by atoms with E-state index < -0.39 is 38.5 Å². The number of rotatable bonds is 1. The molecule has 2 aromatic carbocycles. The molecule has 1 amide bonds. The normalized spacial score (nSPS) is 35.2. The minimum absolute atomic E-state index is 0.0109. The van der Waals surface area contributed by atoms with Crippen LogP contribution in [0.4, 0.5) is 10.1 Å². The zero-order valence-corrected chi connectivity index (χ0v) is 28.9. The first-order valence-corrected chi connectivity index (χ1v) is 18.9. The van der Waals surface area contributed by atoms with Gasteiger partial charge < -0.3 is 14.7 Å². The largest absolute Gasteiger partial charge is 0.490 e. The van der Waals surface area contributed by atoms with Crippen LogP contribution in [0, 0.1) is 23.7 Å². The number of fused-ring (bicyclic) bond motifs is 4. The van der Waals surface area contributed by atoms with Gasteiger partial charge in [0.2, 0.25) is 10.0 Å². The van der Waals surface area contributed by atoms with Crippen molar-refractivity contribution in [3.05, 3.63) is 82.2 Å². The summed E-state index contributed by atoms with van der Waals surface area (Å²) in [6.45, 7) is 5.06. The van der Waals surface area contributed by atoms with Crippen molar-refractivity contribution in [1.82, 2.24) is 4.72 Å². The fourth-order valence-electron chi connectivity index (χ4n) is 8.54. The predicted molar refractivity (Wildman–Crippen MR) is 186 cm³/mol. The summed E-state index contributed by atoms with van der Waals surface area (Å²) in [5, 5.41) is 12.3. The Labute approximate surface area is 287 Å². The minimum Gasteiger partial charge on any atom is -0.490 e. The van der Waals surface area contributed by atoms with Gasteiger partial charge in [0.05, 0.1) is 35.6 Å². The standard InChI is InChI=1S/C37H43ClFN3O5S/c1-23-5-3-15-37(44,31-19-40-16-13-32(31)39)30-10-7-27(30)20-42-21-36(14-4-6-25-17-28(38)9-11-29(25)36)22-47-34-12-8-26(18-33(34)42)35(43)41-48(45,46)24(23)2/h3,8-9,11-13,15-18,23-24,27,30-31,44H,4-7,10,14,19-22H2,1-2H3,(H,41,43)/b15-3+/t23?,24-,27+,30-,31?,36+,37+/m1/s1. The number of aliphatic imine (C=N–C) groups is 1. The predicted octanol–water partition coefficient (Wildman–Crippen LogP) is 6.17. The van der Waals surface area contributed by atoms with Gasteiger partial charge in [-0.15, -0.1) is 0 Å². The molecule has 2 aromatic rings. The first-order chi connectivity index (χ1) is 22.9. The smallest absolute Gasteiger partial charge is 0.264 e. The number of aryl methyl sites for hydroxylation is 1. The van der Waals surface area contributed by atoms with Crippen LogP contribution in [0.15, 0.2) is 65.4 Å². The highest BCUT2D eigenvalue weighted by molar-refractivity contribution is 7.90. The van der Waals surface area contributed by atoms with Gasteiger partial charge in [0, 0.05) is 35.3 Å². The van der Waals surface area contributed by atoms with Crippen LogP contribution in [0.2, 0.25) is 5.02 Å². The van der Waals surface area contributed by atoms with Gasteiger partial charge >= 0.3 is 0 Å². The molecule has 5 aliphatic rings. The summed E-state index contributed by atoms with van der Waals surface area (Å²) in [7, 11) is -4.04. The number of carbonyl (C=O) groups is 1. The molecule has 2 aliphatic carbocycles. The van der Waals surface area contributed by atoms with Crippen molar-refractivity contribution in [3.63, 3.8) is 0 Å². The fourth-order valence-corrected chi connectivity index (χ4v) is 10.0. The maximum atomic E-state index is 15.5. The van der Waals surface area contributed by atoms with Crippen molar-refractivity contribution in [3.8, 4) is 5.75 Å². The molecule has 0 saturated heterocycles. The van der Waals surface area contributed by atoms with E-state index in [4.69, 9.17) is 16.3 Å². The van der Waals surface area contributed by atoms with Gasteiger partial charge in [-0.2, -0.15) is 0 Å². The second kappa shape index (κ2) is 12.6. The first kappa shape index (κ1) is 33.3. The number of amides is 1. The Bertz CT molecular complexity index is 1810. The molecule has 8 nitrogen and oxygen atoms in total. The number of dihydropyridines is 1. The number of carbonyl (C=O) groups excluding carboxylic acids is 1. The van der Waals surface area contributed by atoms with Crippen LogP contribution in [0.3, 0.4) is 0 Å². The Morgan fingerprint density at radius 1 is 1.17 bits per heavy atom. The number of ether oxygens (including phenoxy) is 1. The molecule has 48 heavy (non-hydrogen) atoms. The summed E-state index contributed by atoms with van der Waals surface area (Å²) in [5.41, 5.74) is 1.43.